The second-order valence-corrected chi connectivity index (χ2v) is 7.55. The summed E-state index contributed by atoms with van der Waals surface area (Å²) in [6.45, 7) is 1.90. The first-order valence-electron chi connectivity index (χ1n) is 6.06. The van der Waals surface area contributed by atoms with Gasteiger partial charge in [0.1, 0.15) is 0 Å². The summed E-state index contributed by atoms with van der Waals surface area (Å²) < 4.78 is 33.0. The fourth-order valence-corrected chi connectivity index (χ4v) is 3.83. The Morgan fingerprint density at radius 1 is 1.42 bits per heavy atom. The Balaban J connectivity index is 2.17. The molecule has 7 heteroatoms. The highest BCUT2D eigenvalue weighted by Gasteiger charge is 2.30. The molecule has 0 aliphatic carbocycles. The fourth-order valence-electron chi connectivity index (χ4n) is 2.02. The van der Waals surface area contributed by atoms with Gasteiger partial charge in [-0.25, -0.2) is 8.42 Å². The van der Waals surface area contributed by atoms with Gasteiger partial charge in [0.15, 0.2) is 0 Å². The van der Waals surface area contributed by atoms with Gasteiger partial charge in [-0.3, -0.25) is 0 Å². The third-order valence-electron chi connectivity index (χ3n) is 2.98. The Bertz CT molecular complexity index is 516. The Hall–Kier alpha value is -0.220. The van der Waals surface area contributed by atoms with Crippen LogP contribution in [0.3, 0.4) is 0 Å². The van der Waals surface area contributed by atoms with Crippen LogP contribution in [-0.4, -0.2) is 52.1 Å². The van der Waals surface area contributed by atoms with E-state index in [2.05, 4.69) is 27.9 Å². The summed E-state index contributed by atoms with van der Waals surface area (Å²) in [4.78, 5) is 0.345. The smallest absolute Gasteiger partial charge is 0.243 e. The number of likely N-dealkylation sites (N-methyl/N-ethyl adjacent to an activating group) is 1. The van der Waals surface area contributed by atoms with Gasteiger partial charge in [-0.1, -0.05) is 0 Å². The number of rotatable bonds is 4. The van der Waals surface area contributed by atoms with Crippen LogP contribution in [-0.2, 0) is 14.8 Å². The summed E-state index contributed by atoms with van der Waals surface area (Å²) in [6.07, 6.45) is -0.0858. The molecule has 1 aliphatic heterocycles. The number of nitrogens with one attached hydrogen (secondary N) is 1. The second-order valence-electron chi connectivity index (χ2n) is 4.37. The van der Waals surface area contributed by atoms with E-state index in [0.717, 1.165) is 3.57 Å². The minimum Gasteiger partial charge on any atom is -0.374 e. The largest absolute Gasteiger partial charge is 0.374 e. The van der Waals surface area contributed by atoms with E-state index in [-0.39, 0.29) is 6.10 Å². The molecular weight excluding hydrogens is 379 g/mol. The zero-order chi connectivity index (χ0) is 13.9. The van der Waals surface area contributed by atoms with E-state index >= 15 is 0 Å². The lowest BCUT2D eigenvalue weighted by atomic mass is 10.3. The number of sulfonamides is 1. The molecule has 1 atom stereocenters. The molecule has 1 aromatic rings. The van der Waals surface area contributed by atoms with Gasteiger partial charge < -0.3 is 10.1 Å². The summed E-state index contributed by atoms with van der Waals surface area (Å²) in [7, 11) is -1.58. The number of morpholine rings is 1. The Kier molecular flexibility index (Phi) is 5.18. The van der Waals surface area contributed by atoms with Crippen LogP contribution in [0.5, 0.6) is 0 Å². The number of ether oxygens (including phenoxy) is 1. The molecule has 0 saturated carbocycles. The molecule has 5 nitrogen and oxygen atoms in total. The highest BCUT2D eigenvalue weighted by molar-refractivity contribution is 14.1. The predicted molar refractivity (Wildman–Crippen MR) is 81.6 cm³/mol. The molecular formula is C12H17IN2O3S. The average molecular weight is 396 g/mol. The maximum atomic E-state index is 12.5. The molecule has 0 spiro atoms. The molecule has 0 radical (unpaired) electrons. The van der Waals surface area contributed by atoms with Crippen LogP contribution in [0.2, 0.25) is 0 Å². The summed E-state index contributed by atoms with van der Waals surface area (Å²) in [5.74, 6) is 0. The van der Waals surface area contributed by atoms with E-state index in [1.807, 2.05) is 7.05 Å². The van der Waals surface area contributed by atoms with Crippen LogP contribution < -0.4 is 5.32 Å². The molecule has 1 heterocycles. The molecule has 1 unspecified atom stereocenters. The monoisotopic (exact) mass is 396 g/mol. The van der Waals surface area contributed by atoms with Crippen LogP contribution in [0.15, 0.2) is 29.2 Å². The molecule has 0 aromatic heterocycles. The van der Waals surface area contributed by atoms with Crippen LogP contribution in [0.25, 0.3) is 0 Å². The van der Waals surface area contributed by atoms with Crippen molar-refractivity contribution in [3.05, 3.63) is 27.8 Å². The molecule has 1 fully saturated rings. The first kappa shape index (κ1) is 15.2. The molecule has 0 bridgehead atoms. The van der Waals surface area contributed by atoms with E-state index in [4.69, 9.17) is 4.74 Å². The van der Waals surface area contributed by atoms with Crippen molar-refractivity contribution < 1.29 is 13.2 Å². The minimum absolute atomic E-state index is 0.0858. The first-order valence-corrected chi connectivity index (χ1v) is 8.58. The number of hydrogen-bond donors (Lipinski definition) is 1. The number of benzene rings is 1. The molecule has 1 aromatic carbocycles. The van der Waals surface area contributed by atoms with Crippen molar-refractivity contribution >= 4 is 32.6 Å². The highest BCUT2D eigenvalue weighted by Crippen LogP contribution is 2.19. The van der Waals surface area contributed by atoms with Crippen molar-refractivity contribution in [3.63, 3.8) is 0 Å². The van der Waals surface area contributed by atoms with E-state index in [0.29, 0.717) is 31.1 Å². The van der Waals surface area contributed by atoms with Crippen molar-refractivity contribution in [2.24, 2.45) is 0 Å². The highest BCUT2D eigenvalue weighted by atomic mass is 127. The average Bonchev–Trinajstić information content (AvgIpc) is 2.40. The van der Waals surface area contributed by atoms with Gasteiger partial charge in [-0.05, 0) is 53.9 Å². The van der Waals surface area contributed by atoms with Gasteiger partial charge in [0.2, 0.25) is 10.0 Å². The maximum absolute atomic E-state index is 12.5. The lowest BCUT2D eigenvalue weighted by Crippen LogP contribution is -2.48. The van der Waals surface area contributed by atoms with Crippen LogP contribution >= 0.6 is 22.6 Å². The normalized spacial score (nSPS) is 21.5. The quantitative estimate of drug-likeness (QED) is 0.769. The summed E-state index contributed by atoms with van der Waals surface area (Å²) in [5, 5.41) is 3.01. The third kappa shape index (κ3) is 3.66. The Morgan fingerprint density at radius 3 is 2.74 bits per heavy atom. The van der Waals surface area contributed by atoms with Crippen LogP contribution in [0.4, 0.5) is 0 Å². The van der Waals surface area contributed by atoms with Gasteiger partial charge in [-0.15, -0.1) is 0 Å². The molecule has 0 amide bonds. The summed E-state index contributed by atoms with van der Waals surface area (Å²) in [6, 6.07) is 6.91. The molecule has 1 saturated heterocycles. The van der Waals surface area contributed by atoms with Gasteiger partial charge in [0.05, 0.1) is 17.6 Å². The topological polar surface area (TPSA) is 58.6 Å². The lowest BCUT2D eigenvalue weighted by Gasteiger charge is -2.32. The Labute approximate surface area is 127 Å². The van der Waals surface area contributed by atoms with Crippen molar-refractivity contribution in [2.45, 2.75) is 11.0 Å². The van der Waals surface area contributed by atoms with Crippen LogP contribution in [0, 0.1) is 3.57 Å². The standard InChI is InChI=1S/C12H17IN2O3S/c1-14-8-11-9-15(6-7-18-11)19(16,17)12-4-2-10(13)3-5-12/h2-5,11,14H,6-9H2,1H3. The van der Waals surface area contributed by atoms with Gasteiger partial charge >= 0.3 is 0 Å². The molecule has 106 valence electrons. The zero-order valence-electron chi connectivity index (χ0n) is 10.7. The SMILES string of the molecule is CNCC1CN(S(=O)(=O)c2ccc(I)cc2)CCO1. The summed E-state index contributed by atoms with van der Waals surface area (Å²) in [5.41, 5.74) is 0. The van der Waals surface area contributed by atoms with Gasteiger partial charge in [-0.2, -0.15) is 4.31 Å². The van der Waals surface area contributed by atoms with E-state index in [1.165, 1.54) is 4.31 Å². The van der Waals surface area contributed by atoms with Crippen molar-refractivity contribution in [1.82, 2.24) is 9.62 Å². The van der Waals surface area contributed by atoms with E-state index < -0.39 is 10.0 Å². The molecule has 2 rings (SSSR count). The number of nitrogens with zero attached hydrogens (tertiary/aromatic N) is 1. The lowest BCUT2D eigenvalue weighted by molar-refractivity contribution is 0.000824. The number of halogens is 1. The minimum atomic E-state index is -3.41. The van der Waals surface area contributed by atoms with Gasteiger partial charge in [0.25, 0.3) is 0 Å². The van der Waals surface area contributed by atoms with Crippen molar-refractivity contribution in [3.8, 4) is 0 Å². The first-order chi connectivity index (χ1) is 9.04. The summed E-state index contributed by atoms with van der Waals surface area (Å²) >= 11 is 2.16. The molecule has 1 N–H and O–H groups in total. The zero-order valence-corrected chi connectivity index (χ0v) is 13.6. The third-order valence-corrected chi connectivity index (χ3v) is 5.58. The maximum Gasteiger partial charge on any atom is 0.243 e. The number of hydrogen-bond acceptors (Lipinski definition) is 4. The molecule has 1 aliphatic rings. The van der Waals surface area contributed by atoms with Crippen LogP contribution in [0.1, 0.15) is 0 Å². The second kappa shape index (κ2) is 6.49. The fraction of sp³-hybridized carbons (Fsp3) is 0.500. The van der Waals surface area contributed by atoms with E-state index in [1.54, 1.807) is 24.3 Å². The molecule has 19 heavy (non-hydrogen) atoms. The van der Waals surface area contributed by atoms with Crippen molar-refractivity contribution in [1.29, 1.82) is 0 Å². The van der Waals surface area contributed by atoms with Crippen molar-refractivity contribution in [2.75, 3.05) is 33.3 Å². The predicted octanol–water partition coefficient (Wildman–Crippen LogP) is 0.900. The van der Waals surface area contributed by atoms with Gasteiger partial charge in [0, 0.05) is 23.2 Å². The Morgan fingerprint density at radius 2 is 2.11 bits per heavy atom. The van der Waals surface area contributed by atoms with E-state index in [9.17, 15) is 8.42 Å².